The van der Waals surface area contributed by atoms with E-state index in [0.29, 0.717) is 37.5 Å². The van der Waals surface area contributed by atoms with Crippen molar-refractivity contribution in [2.24, 2.45) is 0 Å². The number of urea groups is 1. The number of sulfonamides is 1. The second kappa shape index (κ2) is 11.0. The van der Waals surface area contributed by atoms with Gasteiger partial charge in [-0.3, -0.25) is 0 Å². The van der Waals surface area contributed by atoms with E-state index in [-0.39, 0.29) is 41.8 Å². The van der Waals surface area contributed by atoms with Gasteiger partial charge in [0.25, 0.3) is 0 Å². The largest absolute Gasteiger partial charge is 0.372 e. The van der Waals surface area contributed by atoms with Gasteiger partial charge in [0.2, 0.25) is 10.0 Å². The maximum atomic E-state index is 14.6. The number of hydrogen-bond acceptors (Lipinski definition) is 4. The molecule has 0 saturated carbocycles. The van der Waals surface area contributed by atoms with Crippen LogP contribution in [0.5, 0.6) is 0 Å². The molecule has 2 saturated heterocycles. The van der Waals surface area contributed by atoms with Crippen LogP contribution < -0.4 is 0 Å². The number of hydrogen-bond donors (Lipinski definition) is 0. The molecule has 3 atom stereocenters. The minimum atomic E-state index is -4.12. The average Bonchev–Trinajstić information content (AvgIpc) is 2.83. The Hall–Kier alpha value is -2.27. The van der Waals surface area contributed by atoms with E-state index >= 15 is 0 Å². The van der Waals surface area contributed by atoms with Crippen LogP contribution in [-0.2, 0) is 21.3 Å². The fourth-order valence-corrected chi connectivity index (χ4v) is 6.63. The van der Waals surface area contributed by atoms with E-state index in [9.17, 15) is 22.0 Å². The van der Waals surface area contributed by atoms with E-state index in [1.807, 2.05) is 13.8 Å². The zero-order valence-electron chi connectivity index (χ0n) is 20.2. The van der Waals surface area contributed by atoms with E-state index < -0.39 is 27.7 Å². The summed E-state index contributed by atoms with van der Waals surface area (Å²) < 4.78 is 62.9. The Labute approximate surface area is 215 Å². The molecule has 2 fully saturated rings. The van der Waals surface area contributed by atoms with Crippen molar-refractivity contribution in [3.63, 3.8) is 0 Å². The second-order valence-electron chi connectivity index (χ2n) is 9.43. The molecular weight excluding hydrogens is 512 g/mol. The molecule has 0 aromatic heterocycles. The number of carbonyl (C=O) groups is 1. The number of benzene rings is 2. The fraction of sp³-hybridized carbons (Fsp3) is 0.480. The van der Waals surface area contributed by atoms with Crippen LogP contribution in [0.4, 0.5) is 13.6 Å². The van der Waals surface area contributed by atoms with Crippen LogP contribution in [0.3, 0.4) is 0 Å². The molecule has 0 spiro atoms. The zero-order valence-corrected chi connectivity index (χ0v) is 21.8. The molecule has 3 unspecified atom stereocenters. The van der Waals surface area contributed by atoms with Gasteiger partial charge in [0, 0.05) is 49.4 Å². The topological polar surface area (TPSA) is 70.2 Å². The lowest BCUT2D eigenvalue weighted by molar-refractivity contribution is -0.0591. The summed E-state index contributed by atoms with van der Waals surface area (Å²) in [6.07, 6.45) is 0.847. The summed E-state index contributed by atoms with van der Waals surface area (Å²) in [4.78, 5) is 16.7. The van der Waals surface area contributed by atoms with Crippen molar-refractivity contribution in [2.75, 3.05) is 26.2 Å². The smallest absolute Gasteiger partial charge is 0.320 e. The first-order valence-corrected chi connectivity index (χ1v) is 13.8. The SMILES string of the molecule is CC1CN(C(=O)N2CCCC(N(Cc3cc(F)ccc3F)S(=O)(=O)c3ccc(Cl)cc3)C2)CC(C)O1. The molecule has 4 rings (SSSR count). The van der Waals surface area contributed by atoms with E-state index in [1.54, 1.807) is 9.80 Å². The first-order chi connectivity index (χ1) is 17.0. The van der Waals surface area contributed by atoms with Gasteiger partial charge < -0.3 is 14.5 Å². The van der Waals surface area contributed by atoms with Crippen LogP contribution in [0.1, 0.15) is 32.3 Å². The van der Waals surface area contributed by atoms with Crippen LogP contribution in [0.25, 0.3) is 0 Å². The van der Waals surface area contributed by atoms with Gasteiger partial charge in [0.15, 0.2) is 0 Å². The Kier molecular flexibility index (Phi) is 8.18. The van der Waals surface area contributed by atoms with Gasteiger partial charge in [-0.25, -0.2) is 22.0 Å². The van der Waals surface area contributed by atoms with Crippen LogP contribution in [0.2, 0.25) is 5.02 Å². The first-order valence-electron chi connectivity index (χ1n) is 11.9. The molecular formula is C25H30ClF2N3O4S. The number of ether oxygens (including phenoxy) is 1. The van der Waals surface area contributed by atoms with Gasteiger partial charge in [-0.05, 0) is 69.2 Å². The number of rotatable bonds is 5. The number of morpholine rings is 1. The summed E-state index contributed by atoms with van der Waals surface area (Å²) in [5, 5.41) is 0.375. The normalized spacial score (nSPS) is 23.2. The standard InChI is InChI=1S/C25H30ClF2N3O4S/c1-17-13-30(14-18(2)35-17)25(32)29-11-3-4-22(16-29)31(15-19-12-21(27)7-10-24(19)28)36(33,34)23-8-5-20(26)6-9-23/h5-10,12,17-18,22H,3-4,11,13-16H2,1-2H3. The highest BCUT2D eigenvalue weighted by molar-refractivity contribution is 7.89. The highest BCUT2D eigenvalue weighted by atomic mass is 35.5. The van der Waals surface area contributed by atoms with Crippen molar-refractivity contribution in [1.29, 1.82) is 0 Å². The van der Waals surface area contributed by atoms with Gasteiger partial charge in [-0.2, -0.15) is 4.31 Å². The Bertz CT molecular complexity index is 1190. The molecule has 36 heavy (non-hydrogen) atoms. The van der Waals surface area contributed by atoms with Gasteiger partial charge in [-0.1, -0.05) is 11.6 Å². The Balaban J connectivity index is 1.63. The van der Waals surface area contributed by atoms with Gasteiger partial charge >= 0.3 is 6.03 Å². The summed E-state index contributed by atoms with van der Waals surface area (Å²) >= 11 is 5.95. The number of amides is 2. The molecule has 2 amide bonds. The van der Waals surface area contributed by atoms with E-state index in [1.165, 1.54) is 28.6 Å². The van der Waals surface area contributed by atoms with Gasteiger partial charge in [0.1, 0.15) is 11.6 Å². The Morgan fingerprint density at radius 2 is 1.72 bits per heavy atom. The van der Waals surface area contributed by atoms with Crippen LogP contribution in [0, 0.1) is 11.6 Å². The number of likely N-dealkylation sites (tertiary alicyclic amines) is 1. The number of halogens is 3. The zero-order chi connectivity index (χ0) is 26.0. The summed E-state index contributed by atoms with van der Waals surface area (Å²) in [6, 6.07) is 7.87. The van der Waals surface area contributed by atoms with Crippen molar-refractivity contribution in [3.8, 4) is 0 Å². The monoisotopic (exact) mass is 541 g/mol. The number of piperidine rings is 1. The van der Waals surface area contributed by atoms with Crippen LogP contribution >= 0.6 is 11.6 Å². The molecule has 0 N–H and O–H groups in total. The average molecular weight is 542 g/mol. The summed E-state index contributed by atoms with van der Waals surface area (Å²) in [7, 11) is -4.12. The van der Waals surface area contributed by atoms with Crippen LogP contribution in [-0.4, -0.2) is 73.0 Å². The molecule has 2 aromatic rings. The molecule has 11 heteroatoms. The molecule has 2 aromatic carbocycles. The third-order valence-electron chi connectivity index (χ3n) is 6.52. The fourth-order valence-electron chi connectivity index (χ4n) is 4.88. The molecule has 0 bridgehead atoms. The minimum absolute atomic E-state index is 0.0111. The maximum absolute atomic E-state index is 14.6. The number of carbonyl (C=O) groups excluding carboxylic acids is 1. The molecule has 7 nitrogen and oxygen atoms in total. The summed E-state index contributed by atoms with van der Waals surface area (Å²) in [5.74, 6) is -1.36. The van der Waals surface area contributed by atoms with Crippen molar-refractivity contribution in [2.45, 2.75) is 56.4 Å². The van der Waals surface area contributed by atoms with E-state index in [4.69, 9.17) is 16.3 Å². The van der Waals surface area contributed by atoms with Gasteiger partial charge in [-0.15, -0.1) is 0 Å². The van der Waals surface area contributed by atoms with Crippen molar-refractivity contribution < 1.29 is 26.7 Å². The third kappa shape index (κ3) is 5.99. The Morgan fingerprint density at radius 3 is 2.39 bits per heavy atom. The molecule has 0 radical (unpaired) electrons. The van der Waals surface area contributed by atoms with Crippen molar-refractivity contribution in [1.82, 2.24) is 14.1 Å². The van der Waals surface area contributed by atoms with Gasteiger partial charge in [0.05, 0.1) is 17.1 Å². The van der Waals surface area contributed by atoms with Crippen molar-refractivity contribution in [3.05, 3.63) is 64.7 Å². The predicted molar refractivity (Wildman–Crippen MR) is 132 cm³/mol. The summed E-state index contributed by atoms with van der Waals surface area (Å²) in [6.45, 7) is 4.97. The van der Waals surface area contributed by atoms with Crippen LogP contribution in [0.15, 0.2) is 47.4 Å². The second-order valence-corrected chi connectivity index (χ2v) is 11.8. The predicted octanol–water partition coefficient (Wildman–Crippen LogP) is 4.50. The summed E-state index contributed by atoms with van der Waals surface area (Å²) in [5.41, 5.74) is -0.0770. The van der Waals surface area contributed by atoms with E-state index in [0.717, 1.165) is 18.2 Å². The lowest BCUT2D eigenvalue weighted by Crippen LogP contribution is -2.57. The number of nitrogens with zero attached hydrogens (tertiary/aromatic N) is 3. The lowest BCUT2D eigenvalue weighted by Gasteiger charge is -2.42. The first kappa shape index (κ1) is 26.8. The minimum Gasteiger partial charge on any atom is -0.372 e. The maximum Gasteiger partial charge on any atom is 0.320 e. The van der Waals surface area contributed by atoms with Crippen molar-refractivity contribution >= 4 is 27.7 Å². The Morgan fingerprint density at radius 1 is 1.06 bits per heavy atom. The quantitative estimate of drug-likeness (QED) is 0.559. The molecule has 2 heterocycles. The third-order valence-corrected chi connectivity index (χ3v) is 8.68. The molecule has 196 valence electrons. The van der Waals surface area contributed by atoms with E-state index in [2.05, 4.69) is 0 Å². The molecule has 0 aliphatic carbocycles. The molecule has 2 aliphatic heterocycles. The lowest BCUT2D eigenvalue weighted by atomic mass is 10.1. The molecule has 2 aliphatic rings. The highest BCUT2D eigenvalue weighted by Gasteiger charge is 2.38. The highest BCUT2D eigenvalue weighted by Crippen LogP contribution is 2.28.